The zero-order valence-electron chi connectivity index (χ0n) is 19.8. The number of carbonyl (C=O) groups is 3. The fourth-order valence-corrected chi connectivity index (χ4v) is 6.28. The van der Waals surface area contributed by atoms with Crippen molar-refractivity contribution >= 4 is 34.3 Å². The molecule has 3 aliphatic heterocycles. The molecule has 3 N–H and O–H groups in total. The normalized spacial score (nSPS) is 27.2. The summed E-state index contributed by atoms with van der Waals surface area (Å²) in [5.74, 6) is -2.19. The molecule has 4 atom stereocenters. The van der Waals surface area contributed by atoms with E-state index >= 15 is 0 Å². The monoisotopic (exact) mass is 472 g/mol. The summed E-state index contributed by atoms with van der Waals surface area (Å²) >= 11 is 0. The molecule has 8 heteroatoms. The van der Waals surface area contributed by atoms with Crippen molar-refractivity contribution < 1.29 is 19.1 Å². The Bertz CT molecular complexity index is 1360. The molecule has 8 nitrogen and oxygen atoms in total. The Balaban J connectivity index is 1.45. The first-order valence-corrected chi connectivity index (χ1v) is 12.0. The summed E-state index contributed by atoms with van der Waals surface area (Å²) in [6.45, 7) is 2.71. The largest absolute Gasteiger partial charge is 0.385 e. The highest BCUT2D eigenvalue weighted by Crippen LogP contribution is 2.53. The molecule has 4 heterocycles. The quantitative estimate of drug-likeness (QED) is 0.378. The second-order valence-electron chi connectivity index (χ2n) is 9.80. The number of hydrogen-bond acceptors (Lipinski definition) is 5. The average Bonchev–Trinajstić information content (AvgIpc) is 3.55. The van der Waals surface area contributed by atoms with Crippen LogP contribution in [0.5, 0.6) is 0 Å². The van der Waals surface area contributed by atoms with Gasteiger partial charge in [0.15, 0.2) is 0 Å². The van der Waals surface area contributed by atoms with Gasteiger partial charge in [-0.15, -0.1) is 0 Å². The lowest BCUT2D eigenvalue weighted by Crippen LogP contribution is -2.53. The van der Waals surface area contributed by atoms with Gasteiger partial charge in [0.25, 0.3) is 0 Å². The molecule has 0 saturated carbocycles. The molecule has 3 aliphatic rings. The standard InChI is InChI=1S/C27H28N4O4/c1-15-8-9-20-18(12-15)27(26(34)29-20)23-22(24(32)31(25(23)33)10-5-11-35-2)21(30-27)13-16-14-28-19-7-4-3-6-17(16)19/h3-4,6-9,12,14,21-23,28,30H,5,10-11,13H2,1-2H3,(H,29,34)/t21?,22-,23+,27?/m1/s1. The molecule has 2 aromatic carbocycles. The van der Waals surface area contributed by atoms with Crippen LogP contribution in [0.15, 0.2) is 48.7 Å². The molecular weight excluding hydrogens is 444 g/mol. The van der Waals surface area contributed by atoms with Crippen LogP contribution in [0.25, 0.3) is 10.9 Å². The van der Waals surface area contributed by atoms with Crippen LogP contribution in [-0.2, 0) is 31.1 Å². The molecule has 3 amide bonds. The first kappa shape index (κ1) is 22.0. The maximum Gasteiger partial charge on any atom is 0.250 e. The van der Waals surface area contributed by atoms with Gasteiger partial charge < -0.3 is 15.0 Å². The van der Waals surface area contributed by atoms with Gasteiger partial charge in [-0.25, -0.2) is 0 Å². The van der Waals surface area contributed by atoms with Gasteiger partial charge in [0.1, 0.15) is 5.54 Å². The molecule has 0 aliphatic carbocycles. The molecule has 2 saturated heterocycles. The molecule has 6 rings (SSSR count). The van der Waals surface area contributed by atoms with E-state index in [0.29, 0.717) is 25.1 Å². The molecule has 1 aromatic heterocycles. The number of aromatic nitrogens is 1. The number of imide groups is 1. The number of carbonyl (C=O) groups excluding carboxylic acids is 3. The van der Waals surface area contributed by atoms with Crippen molar-refractivity contribution in [3.63, 3.8) is 0 Å². The van der Waals surface area contributed by atoms with E-state index in [1.165, 1.54) is 4.90 Å². The highest BCUT2D eigenvalue weighted by Gasteiger charge is 2.70. The molecule has 35 heavy (non-hydrogen) atoms. The van der Waals surface area contributed by atoms with E-state index < -0.39 is 17.4 Å². The minimum atomic E-state index is -1.27. The topological polar surface area (TPSA) is 104 Å². The van der Waals surface area contributed by atoms with Crippen molar-refractivity contribution in [2.75, 3.05) is 25.6 Å². The van der Waals surface area contributed by atoms with Gasteiger partial charge in [-0.05, 0) is 37.5 Å². The molecule has 3 aromatic rings. The Labute approximate surface area is 203 Å². The van der Waals surface area contributed by atoms with Gasteiger partial charge in [-0.2, -0.15) is 0 Å². The van der Waals surface area contributed by atoms with Gasteiger partial charge in [-0.3, -0.25) is 24.6 Å². The maximum atomic E-state index is 13.8. The van der Waals surface area contributed by atoms with Crippen LogP contribution in [0, 0.1) is 18.8 Å². The SMILES string of the molecule is COCCCN1C(=O)[C@@H]2C(Cc3c[nH]c4ccccc34)NC3(C(=O)Nc4ccc(C)cc43)[C@@H]2C1=O. The number of methoxy groups -OCH3 is 1. The summed E-state index contributed by atoms with van der Waals surface area (Å²) in [6.07, 6.45) is 3.03. The third-order valence-electron chi connectivity index (χ3n) is 7.81. The molecule has 2 fully saturated rings. The average molecular weight is 473 g/mol. The van der Waals surface area contributed by atoms with Crippen molar-refractivity contribution in [1.29, 1.82) is 0 Å². The molecule has 0 radical (unpaired) electrons. The third-order valence-corrected chi connectivity index (χ3v) is 7.81. The lowest BCUT2D eigenvalue weighted by atomic mass is 9.76. The fraction of sp³-hybridized carbons (Fsp3) is 0.370. The number of anilines is 1. The first-order chi connectivity index (χ1) is 17.0. The number of amides is 3. The molecule has 1 spiro atoms. The Morgan fingerprint density at radius 1 is 1.09 bits per heavy atom. The van der Waals surface area contributed by atoms with Crippen LogP contribution in [-0.4, -0.2) is 53.9 Å². The van der Waals surface area contributed by atoms with Crippen molar-refractivity contribution in [3.05, 3.63) is 65.4 Å². The smallest absolute Gasteiger partial charge is 0.250 e. The summed E-state index contributed by atoms with van der Waals surface area (Å²) in [5, 5.41) is 7.58. The number of H-pyrrole nitrogens is 1. The fourth-order valence-electron chi connectivity index (χ4n) is 6.28. The van der Waals surface area contributed by atoms with Gasteiger partial charge in [-0.1, -0.05) is 35.9 Å². The summed E-state index contributed by atoms with van der Waals surface area (Å²) in [7, 11) is 1.60. The Kier molecular flexibility index (Phi) is 5.05. The van der Waals surface area contributed by atoms with Crippen LogP contribution < -0.4 is 10.6 Å². The van der Waals surface area contributed by atoms with Gasteiger partial charge in [0.05, 0.1) is 11.8 Å². The number of benzene rings is 2. The molecule has 180 valence electrons. The van der Waals surface area contributed by atoms with Crippen LogP contribution >= 0.6 is 0 Å². The Morgan fingerprint density at radius 2 is 1.91 bits per heavy atom. The van der Waals surface area contributed by atoms with E-state index in [9.17, 15) is 14.4 Å². The highest BCUT2D eigenvalue weighted by molar-refractivity contribution is 6.15. The van der Waals surface area contributed by atoms with Gasteiger partial charge >= 0.3 is 0 Å². The lowest BCUT2D eigenvalue weighted by Gasteiger charge is -2.29. The minimum absolute atomic E-state index is 0.209. The number of nitrogens with zero attached hydrogens (tertiary/aromatic N) is 1. The number of fused-ring (bicyclic) bond motifs is 5. The number of rotatable bonds is 6. The molecular formula is C27H28N4O4. The summed E-state index contributed by atoms with van der Waals surface area (Å²) in [5.41, 5.74) is 3.23. The highest BCUT2D eigenvalue weighted by atomic mass is 16.5. The predicted molar refractivity (Wildman–Crippen MR) is 131 cm³/mol. The van der Waals surface area contributed by atoms with E-state index in [2.05, 4.69) is 15.6 Å². The summed E-state index contributed by atoms with van der Waals surface area (Å²) in [4.78, 5) is 45.7. The van der Waals surface area contributed by atoms with E-state index in [-0.39, 0.29) is 30.3 Å². The number of ether oxygens (including phenoxy) is 1. The lowest BCUT2D eigenvalue weighted by molar-refractivity contribution is -0.143. The number of aryl methyl sites for hydroxylation is 1. The second-order valence-corrected chi connectivity index (χ2v) is 9.80. The van der Waals surface area contributed by atoms with Crippen molar-refractivity contribution in [2.24, 2.45) is 11.8 Å². The van der Waals surface area contributed by atoms with E-state index in [4.69, 9.17) is 4.74 Å². The van der Waals surface area contributed by atoms with Gasteiger partial charge in [0.2, 0.25) is 17.7 Å². The van der Waals surface area contributed by atoms with Crippen molar-refractivity contribution in [3.8, 4) is 0 Å². The minimum Gasteiger partial charge on any atom is -0.385 e. The van der Waals surface area contributed by atoms with Crippen LogP contribution in [0.3, 0.4) is 0 Å². The van der Waals surface area contributed by atoms with Crippen LogP contribution in [0.2, 0.25) is 0 Å². The van der Waals surface area contributed by atoms with Crippen LogP contribution in [0.4, 0.5) is 5.69 Å². The third kappa shape index (κ3) is 3.10. The number of aromatic amines is 1. The van der Waals surface area contributed by atoms with E-state index in [1.54, 1.807) is 7.11 Å². The number of nitrogens with one attached hydrogen (secondary N) is 3. The molecule has 2 unspecified atom stereocenters. The first-order valence-electron chi connectivity index (χ1n) is 12.0. The second kappa shape index (κ2) is 8.03. The zero-order chi connectivity index (χ0) is 24.3. The number of hydrogen-bond donors (Lipinski definition) is 3. The zero-order valence-corrected chi connectivity index (χ0v) is 19.8. The molecule has 0 bridgehead atoms. The number of likely N-dealkylation sites (tertiary alicyclic amines) is 1. The van der Waals surface area contributed by atoms with Crippen molar-refractivity contribution in [2.45, 2.75) is 31.3 Å². The van der Waals surface area contributed by atoms with E-state index in [1.807, 2.05) is 55.6 Å². The Morgan fingerprint density at radius 3 is 2.74 bits per heavy atom. The summed E-state index contributed by atoms with van der Waals surface area (Å²) < 4.78 is 5.14. The number of para-hydroxylation sites is 1. The van der Waals surface area contributed by atoms with E-state index in [0.717, 1.165) is 27.6 Å². The Hall–Kier alpha value is -3.49. The van der Waals surface area contributed by atoms with Crippen molar-refractivity contribution in [1.82, 2.24) is 15.2 Å². The van der Waals surface area contributed by atoms with Gasteiger partial charge in [0, 0.05) is 54.7 Å². The maximum absolute atomic E-state index is 13.8. The van der Waals surface area contributed by atoms with Crippen LogP contribution in [0.1, 0.15) is 23.1 Å². The summed E-state index contributed by atoms with van der Waals surface area (Å²) in [6, 6.07) is 13.4. The predicted octanol–water partition coefficient (Wildman–Crippen LogP) is 2.48.